The smallest absolute Gasteiger partial charge is 0.207 e. The number of alkyl halides is 5. The van der Waals surface area contributed by atoms with Gasteiger partial charge in [0.15, 0.2) is 0 Å². The maximum absolute atomic E-state index is 13.7. The van der Waals surface area contributed by atoms with Gasteiger partial charge in [-0.3, -0.25) is 0 Å². The molecule has 1 N–H and O–H groups in total. The molecule has 0 saturated heterocycles. The lowest BCUT2D eigenvalue weighted by atomic mass is 10.2. The molecule has 0 bridgehead atoms. The molecule has 0 saturated carbocycles. The normalized spacial score (nSPS) is 14.4. The predicted octanol–water partition coefficient (Wildman–Crippen LogP) is 4.15. The van der Waals surface area contributed by atoms with Gasteiger partial charge in [0.25, 0.3) is 6.43 Å². The first-order valence-corrected chi connectivity index (χ1v) is 8.04. The van der Waals surface area contributed by atoms with E-state index in [1.807, 2.05) is 0 Å². The third-order valence-electron chi connectivity index (χ3n) is 2.70. The first-order valence-electron chi connectivity index (χ1n) is 5.76. The van der Waals surface area contributed by atoms with E-state index in [-0.39, 0.29) is 0 Å². The van der Waals surface area contributed by atoms with Crippen molar-refractivity contribution in [3.05, 3.63) is 28.0 Å². The number of rotatable bonds is 5. The maximum atomic E-state index is 13.7. The molecule has 0 aliphatic rings. The van der Waals surface area contributed by atoms with Gasteiger partial charge in [0.2, 0.25) is 10.0 Å². The van der Waals surface area contributed by atoms with E-state index in [2.05, 4.69) is 15.9 Å². The summed E-state index contributed by atoms with van der Waals surface area (Å²) in [5, 5.41) is 0. The van der Waals surface area contributed by atoms with Crippen LogP contribution in [0.2, 0.25) is 0 Å². The zero-order valence-electron chi connectivity index (χ0n) is 10.9. The van der Waals surface area contributed by atoms with Gasteiger partial charge in [-0.25, -0.2) is 21.6 Å². The Bertz CT molecular complexity index is 647. The molecule has 0 aliphatic heterocycles. The molecule has 0 amide bonds. The molecule has 1 aromatic rings. The summed E-state index contributed by atoms with van der Waals surface area (Å²) in [6, 6.07) is -1.03. The predicted molar refractivity (Wildman–Crippen MR) is 69.5 cm³/mol. The highest BCUT2D eigenvalue weighted by Crippen LogP contribution is 2.34. The average molecular weight is 414 g/mol. The molecule has 11 heteroatoms. The monoisotopic (exact) mass is 413 g/mol. The van der Waals surface area contributed by atoms with Crippen molar-refractivity contribution in [1.29, 1.82) is 0 Å². The highest BCUT2D eigenvalue weighted by Gasteiger charge is 2.42. The number of hydrogen-bond acceptors (Lipinski definition) is 2. The molecular formula is C11H10BrF6NO2S. The second-order valence-corrected chi connectivity index (χ2v) is 6.73. The van der Waals surface area contributed by atoms with Crippen LogP contribution in [0.1, 0.15) is 25.3 Å². The van der Waals surface area contributed by atoms with E-state index < -0.39 is 55.8 Å². The minimum Gasteiger partial charge on any atom is -0.207 e. The van der Waals surface area contributed by atoms with Crippen LogP contribution in [-0.2, 0) is 10.0 Å². The lowest BCUT2D eigenvalue weighted by Gasteiger charge is -2.21. The number of hydrogen-bond donors (Lipinski definition) is 1. The van der Waals surface area contributed by atoms with E-state index >= 15 is 0 Å². The third-order valence-corrected chi connectivity index (χ3v) is 4.84. The lowest BCUT2D eigenvalue weighted by Crippen LogP contribution is -2.45. The fraction of sp³-hybridized carbons (Fsp3) is 0.455. The van der Waals surface area contributed by atoms with Crippen molar-refractivity contribution in [3.8, 4) is 0 Å². The van der Waals surface area contributed by atoms with Crippen molar-refractivity contribution in [2.45, 2.75) is 36.9 Å². The summed E-state index contributed by atoms with van der Waals surface area (Å²) in [6.07, 6.45) is -9.07. The van der Waals surface area contributed by atoms with E-state index in [1.54, 1.807) is 0 Å². The largest absolute Gasteiger partial charge is 0.404 e. The maximum Gasteiger partial charge on any atom is 0.404 e. The Kier molecular flexibility index (Phi) is 5.90. The van der Waals surface area contributed by atoms with Crippen LogP contribution in [0.3, 0.4) is 0 Å². The molecule has 0 aliphatic carbocycles. The van der Waals surface area contributed by atoms with Crippen LogP contribution in [0, 0.1) is 5.82 Å². The molecule has 0 spiro atoms. The first-order chi connectivity index (χ1) is 9.91. The number of sulfonamides is 1. The van der Waals surface area contributed by atoms with Crippen LogP contribution in [0.4, 0.5) is 26.3 Å². The third kappa shape index (κ3) is 4.13. The van der Waals surface area contributed by atoms with Gasteiger partial charge in [0, 0.05) is 0 Å². The van der Waals surface area contributed by atoms with Crippen LogP contribution >= 0.6 is 15.9 Å². The SMILES string of the molecule is CC[C@H](NS(=O)(=O)c1ccc(Br)c(F)c1C(F)F)C(F)(F)F. The molecule has 0 unspecified atom stereocenters. The van der Waals surface area contributed by atoms with Gasteiger partial charge in [-0.2, -0.15) is 17.9 Å². The molecule has 0 radical (unpaired) electrons. The second-order valence-electron chi connectivity index (χ2n) is 4.20. The Balaban J connectivity index is 3.38. The molecule has 0 aromatic heterocycles. The van der Waals surface area contributed by atoms with Crippen LogP contribution in [0.5, 0.6) is 0 Å². The van der Waals surface area contributed by atoms with Crippen molar-refractivity contribution in [1.82, 2.24) is 4.72 Å². The molecule has 126 valence electrons. The van der Waals surface area contributed by atoms with Crippen LogP contribution in [0.15, 0.2) is 21.5 Å². The molecule has 22 heavy (non-hydrogen) atoms. The summed E-state index contributed by atoms with van der Waals surface area (Å²) in [4.78, 5) is -1.23. The van der Waals surface area contributed by atoms with Crippen molar-refractivity contribution in [2.24, 2.45) is 0 Å². The van der Waals surface area contributed by atoms with Gasteiger partial charge in [0.05, 0.1) is 14.9 Å². The second kappa shape index (κ2) is 6.75. The van der Waals surface area contributed by atoms with Gasteiger partial charge in [-0.1, -0.05) is 6.92 Å². The van der Waals surface area contributed by atoms with E-state index in [0.717, 1.165) is 13.0 Å². The molecule has 0 heterocycles. The highest BCUT2D eigenvalue weighted by molar-refractivity contribution is 9.10. The molecular weight excluding hydrogens is 404 g/mol. The van der Waals surface area contributed by atoms with Crippen molar-refractivity contribution < 1.29 is 34.8 Å². The Morgan fingerprint density at radius 1 is 1.27 bits per heavy atom. The van der Waals surface area contributed by atoms with E-state index in [0.29, 0.717) is 6.07 Å². The summed E-state index contributed by atoms with van der Waals surface area (Å²) in [5.41, 5.74) is -1.49. The van der Waals surface area contributed by atoms with Gasteiger partial charge in [0.1, 0.15) is 11.9 Å². The molecule has 3 nitrogen and oxygen atoms in total. The fourth-order valence-electron chi connectivity index (χ4n) is 1.62. The highest BCUT2D eigenvalue weighted by atomic mass is 79.9. The Morgan fingerprint density at radius 2 is 1.82 bits per heavy atom. The van der Waals surface area contributed by atoms with Crippen molar-refractivity contribution in [2.75, 3.05) is 0 Å². The molecule has 1 rings (SSSR count). The Labute approximate surface area is 130 Å². The fourth-order valence-corrected chi connectivity index (χ4v) is 3.48. The number of nitrogens with one attached hydrogen (secondary N) is 1. The molecule has 0 fully saturated rings. The topological polar surface area (TPSA) is 46.2 Å². The van der Waals surface area contributed by atoms with Gasteiger partial charge in [-0.05, 0) is 34.5 Å². The number of halogens is 7. The summed E-state index contributed by atoms with van der Waals surface area (Å²) >= 11 is 2.61. The van der Waals surface area contributed by atoms with Crippen molar-refractivity contribution >= 4 is 26.0 Å². The molecule has 1 atom stereocenters. The summed E-state index contributed by atoms with van der Waals surface area (Å²) in [6.45, 7) is 1.07. The zero-order chi connectivity index (χ0) is 17.3. The quantitative estimate of drug-likeness (QED) is 0.737. The molecule has 1 aromatic carbocycles. The van der Waals surface area contributed by atoms with Gasteiger partial charge < -0.3 is 0 Å². The summed E-state index contributed by atoms with van der Waals surface area (Å²) in [7, 11) is -4.98. The minimum absolute atomic E-state index is 0.426. The van der Waals surface area contributed by atoms with Gasteiger partial charge >= 0.3 is 6.18 Å². The lowest BCUT2D eigenvalue weighted by molar-refractivity contribution is -0.151. The van der Waals surface area contributed by atoms with Gasteiger partial charge in [-0.15, -0.1) is 0 Å². The standard InChI is InChI=1S/C11H10BrF6NO2S/c1-2-7(11(16,17)18)19-22(20,21)6-4-3-5(12)9(13)8(6)10(14)15/h3-4,7,10,19H,2H2,1H3/t7-/m0/s1. The summed E-state index contributed by atoms with van der Waals surface area (Å²) in [5.74, 6) is -1.54. The minimum atomic E-state index is -4.98. The Hall–Kier alpha value is -0.810. The van der Waals surface area contributed by atoms with Crippen LogP contribution in [-0.4, -0.2) is 20.6 Å². The van der Waals surface area contributed by atoms with Crippen LogP contribution < -0.4 is 4.72 Å². The number of benzene rings is 1. The van der Waals surface area contributed by atoms with Crippen LogP contribution in [0.25, 0.3) is 0 Å². The van der Waals surface area contributed by atoms with E-state index in [9.17, 15) is 34.8 Å². The zero-order valence-corrected chi connectivity index (χ0v) is 13.3. The average Bonchev–Trinajstić information content (AvgIpc) is 2.37. The summed E-state index contributed by atoms with van der Waals surface area (Å²) < 4.78 is 102. The van der Waals surface area contributed by atoms with E-state index in [4.69, 9.17) is 0 Å². The Morgan fingerprint density at radius 3 is 2.23 bits per heavy atom. The first kappa shape index (κ1) is 19.2. The van der Waals surface area contributed by atoms with Crippen molar-refractivity contribution in [3.63, 3.8) is 0 Å². The van der Waals surface area contributed by atoms with E-state index in [1.165, 1.54) is 4.72 Å².